The van der Waals surface area contributed by atoms with Crippen molar-refractivity contribution in [2.24, 2.45) is 0 Å². The van der Waals surface area contributed by atoms with Crippen molar-refractivity contribution in [2.75, 3.05) is 0 Å². The van der Waals surface area contributed by atoms with Crippen molar-refractivity contribution < 1.29 is 14.7 Å². The van der Waals surface area contributed by atoms with Crippen molar-refractivity contribution in [3.05, 3.63) is 6.42 Å². The first kappa shape index (κ1) is 6.30. The van der Waals surface area contributed by atoms with Crippen LogP contribution in [0.4, 0.5) is 0 Å². The highest BCUT2D eigenvalue weighted by atomic mass is 16.3. The standard InChI is InChI=1S/C4H5O3/c5-2-1-4(7)3-6/h1-4,7H. The van der Waals surface area contributed by atoms with Gasteiger partial charge < -0.3 is 14.7 Å². The third-order valence-electron chi connectivity index (χ3n) is 0.415. The normalized spacial score (nSPS) is 12.7. The quantitative estimate of drug-likeness (QED) is 0.461. The van der Waals surface area contributed by atoms with Crippen LogP contribution in [0.1, 0.15) is 0 Å². The predicted octanol–water partition coefficient (Wildman–Crippen LogP) is -1.05. The predicted molar refractivity (Wildman–Crippen MR) is 22.4 cm³/mol. The van der Waals surface area contributed by atoms with E-state index >= 15 is 0 Å². The molecule has 1 radical (unpaired) electrons. The summed E-state index contributed by atoms with van der Waals surface area (Å²) < 4.78 is 0. The lowest BCUT2D eigenvalue weighted by Crippen LogP contribution is -2.08. The van der Waals surface area contributed by atoms with Gasteiger partial charge >= 0.3 is 0 Å². The van der Waals surface area contributed by atoms with E-state index in [1.807, 2.05) is 0 Å². The molecule has 39 valence electrons. The van der Waals surface area contributed by atoms with E-state index in [2.05, 4.69) is 0 Å². The van der Waals surface area contributed by atoms with E-state index in [4.69, 9.17) is 5.11 Å². The summed E-state index contributed by atoms with van der Waals surface area (Å²) in [5.41, 5.74) is 0. The van der Waals surface area contributed by atoms with Crippen molar-refractivity contribution in [2.45, 2.75) is 6.10 Å². The maximum Gasteiger partial charge on any atom is 0.149 e. The molecule has 0 heterocycles. The fourth-order valence-corrected chi connectivity index (χ4v) is 0.126. The summed E-state index contributed by atoms with van der Waals surface area (Å²) in [6, 6.07) is 0. The summed E-state index contributed by atoms with van der Waals surface area (Å²) >= 11 is 0. The first-order valence-corrected chi connectivity index (χ1v) is 1.73. The molecule has 0 saturated carbocycles. The minimum Gasteiger partial charge on any atom is -0.385 e. The number of aliphatic hydroxyl groups excluding tert-OH is 1. The number of carbonyl (C=O) groups is 2. The molecule has 1 unspecified atom stereocenters. The molecule has 1 atom stereocenters. The van der Waals surface area contributed by atoms with Crippen LogP contribution >= 0.6 is 0 Å². The molecule has 0 aliphatic heterocycles. The first-order valence-electron chi connectivity index (χ1n) is 1.73. The topological polar surface area (TPSA) is 54.4 Å². The SMILES string of the molecule is O=C[CH]C(O)C=O. The van der Waals surface area contributed by atoms with Gasteiger partial charge in [-0.25, -0.2) is 0 Å². The van der Waals surface area contributed by atoms with Crippen molar-refractivity contribution in [1.29, 1.82) is 0 Å². The number of carbonyl (C=O) groups excluding carboxylic acids is 2. The maximum atomic E-state index is 9.45. The summed E-state index contributed by atoms with van der Waals surface area (Å²) in [5.74, 6) is 0. The largest absolute Gasteiger partial charge is 0.385 e. The van der Waals surface area contributed by atoms with E-state index in [0.29, 0.717) is 6.29 Å². The van der Waals surface area contributed by atoms with Crippen molar-refractivity contribution in [3.8, 4) is 0 Å². The molecule has 1 N–H and O–H groups in total. The number of rotatable bonds is 3. The van der Waals surface area contributed by atoms with E-state index in [0.717, 1.165) is 6.42 Å². The minimum absolute atomic E-state index is 0.272. The van der Waals surface area contributed by atoms with Crippen LogP contribution in [-0.2, 0) is 9.59 Å². The van der Waals surface area contributed by atoms with Crippen LogP contribution in [0.2, 0.25) is 0 Å². The summed E-state index contributed by atoms with van der Waals surface area (Å²) in [6.07, 6.45) is 0.276. The molecule has 0 aromatic heterocycles. The van der Waals surface area contributed by atoms with E-state index in [-0.39, 0.29) is 6.29 Å². The summed E-state index contributed by atoms with van der Waals surface area (Å²) in [5, 5.41) is 8.20. The Kier molecular flexibility index (Phi) is 3.14. The van der Waals surface area contributed by atoms with Crippen molar-refractivity contribution >= 4 is 12.6 Å². The zero-order valence-corrected chi connectivity index (χ0v) is 3.57. The van der Waals surface area contributed by atoms with Gasteiger partial charge in [-0.3, -0.25) is 0 Å². The van der Waals surface area contributed by atoms with Gasteiger partial charge in [-0.1, -0.05) is 0 Å². The molecule has 0 bridgehead atoms. The molecule has 3 nitrogen and oxygen atoms in total. The molecule has 0 fully saturated rings. The lowest BCUT2D eigenvalue weighted by atomic mass is 10.3. The fraction of sp³-hybridized carbons (Fsp3) is 0.250. The number of aldehydes is 2. The molecule has 0 aliphatic carbocycles. The Hall–Kier alpha value is -0.700. The second kappa shape index (κ2) is 3.49. The van der Waals surface area contributed by atoms with Crippen LogP contribution in [0, 0.1) is 6.42 Å². The number of aliphatic hydroxyl groups is 1. The number of hydrogen-bond donors (Lipinski definition) is 1. The zero-order valence-electron chi connectivity index (χ0n) is 3.57. The molecule has 3 heteroatoms. The first-order chi connectivity index (χ1) is 3.31. The Labute approximate surface area is 41.0 Å². The van der Waals surface area contributed by atoms with Crippen LogP contribution in [0.3, 0.4) is 0 Å². The lowest BCUT2D eigenvalue weighted by Gasteiger charge is -1.88. The lowest BCUT2D eigenvalue weighted by molar-refractivity contribution is -0.115. The van der Waals surface area contributed by atoms with Crippen molar-refractivity contribution in [1.82, 2.24) is 0 Å². The second-order valence-corrected chi connectivity index (χ2v) is 0.955. The third kappa shape index (κ3) is 3.12. The van der Waals surface area contributed by atoms with Gasteiger partial charge in [-0.15, -0.1) is 0 Å². The average molecular weight is 101 g/mol. The highest BCUT2D eigenvalue weighted by molar-refractivity contribution is 5.72. The maximum absolute atomic E-state index is 9.45. The van der Waals surface area contributed by atoms with Crippen LogP contribution in [0.5, 0.6) is 0 Å². The van der Waals surface area contributed by atoms with Gasteiger partial charge in [0.2, 0.25) is 0 Å². The van der Waals surface area contributed by atoms with Crippen LogP contribution < -0.4 is 0 Å². The Bertz CT molecular complexity index is 69.3. The smallest absolute Gasteiger partial charge is 0.149 e. The highest BCUT2D eigenvalue weighted by Gasteiger charge is 1.96. The Morgan fingerprint density at radius 2 is 2.00 bits per heavy atom. The van der Waals surface area contributed by atoms with E-state index in [9.17, 15) is 9.59 Å². The fourth-order valence-electron chi connectivity index (χ4n) is 0.126. The molecule has 0 spiro atoms. The van der Waals surface area contributed by atoms with Gasteiger partial charge in [0.15, 0.2) is 0 Å². The average Bonchev–Trinajstić information content (AvgIpc) is 1.68. The van der Waals surface area contributed by atoms with E-state index < -0.39 is 6.10 Å². The highest BCUT2D eigenvalue weighted by Crippen LogP contribution is 1.76. The Morgan fingerprint density at radius 1 is 1.43 bits per heavy atom. The molecule has 0 saturated heterocycles. The number of hydrogen-bond acceptors (Lipinski definition) is 3. The van der Waals surface area contributed by atoms with Gasteiger partial charge in [0.1, 0.15) is 18.7 Å². The molecular formula is C4H5O3. The van der Waals surface area contributed by atoms with E-state index in [1.54, 1.807) is 0 Å². The van der Waals surface area contributed by atoms with E-state index in [1.165, 1.54) is 0 Å². The summed E-state index contributed by atoms with van der Waals surface area (Å²) in [4.78, 5) is 18.9. The van der Waals surface area contributed by atoms with Gasteiger partial charge in [0.25, 0.3) is 0 Å². The van der Waals surface area contributed by atoms with Crippen LogP contribution in [-0.4, -0.2) is 23.8 Å². The van der Waals surface area contributed by atoms with Gasteiger partial charge in [-0.2, -0.15) is 0 Å². The van der Waals surface area contributed by atoms with Crippen LogP contribution in [0.15, 0.2) is 0 Å². The molecule has 0 aliphatic rings. The second-order valence-electron chi connectivity index (χ2n) is 0.955. The summed E-state index contributed by atoms with van der Waals surface area (Å²) in [6.45, 7) is 0. The van der Waals surface area contributed by atoms with Gasteiger partial charge in [0.05, 0.1) is 6.42 Å². The molecule has 0 aromatic rings. The monoisotopic (exact) mass is 101 g/mol. The zero-order chi connectivity index (χ0) is 5.70. The van der Waals surface area contributed by atoms with Crippen LogP contribution in [0.25, 0.3) is 0 Å². The molecule has 7 heavy (non-hydrogen) atoms. The van der Waals surface area contributed by atoms with Gasteiger partial charge in [0, 0.05) is 0 Å². The van der Waals surface area contributed by atoms with Crippen molar-refractivity contribution in [3.63, 3.8) is 0 Å². The third-order valence-corrected chi connectivity index (χ3v) is 0.415. The van der Waals surface area contributed by atoms with Gasteiger partial charge in [-0.05, 0) is 0 Å². The minimum atomic E-state index is -1.22. The molecular weight excluding hydrogens is 96.0 g/mol. The Balaban J connectivity index is 3.15. The summed E-state index contributed by atoms with van der Waals surface area (Å²) in [7, 11) is 0. The Morgan fingerprint density at radius 3 is 2.14 bits per heavy atom. The molecule has 0 amide bonds. The molecule has 0 aromatic carbocycles. The molecule has 0 rings (SSSR count).